The van der Waals surface area contributed by atoms with E-state index in [1.54, 1.807) is 0 Å². The van der Waals surface area contributed by atoms with Gasteiger partial charge in [0.05, 0.1) is 6.61 Å². The van der Waals surface area contributed by atoms with E-state index < -0.39 is 0 Å². The van der Waals surface area contributed by atoms with Crippen LogP contribution < -0.4 is 0 Å². The molecule has 0 aromatic heterocycles. The predicted octanol–water partition coefficient (Wildman–Crippen LogP) is -0.504. The van der Waals surface area contributed by atoms with Crippen molar-refractivity contribution >= 4 is 0 Å². The van der Waals surface area contributed by atoms with Crippen LogP contribution in [-0.2, 0) is 0 Å². The largest absolute Gasteiger partial charge is 0.412 e. The maximum atomic E-state index is 8.46. The second-order valence-corrected chi connectivity index (χ2v) is 1.75. The van der Waals surface area contributed by atoms with Gasteiger partial charge in [-0.15, -0.1) is 0 Å². The molecule has 0 amide bonds. The molecular formula is C6H17NO2. The summed E-state index contributed by atoms with van der Waals surface area (Å²) in [5.41, 5.74) is 0. The fraction of sp³-hybridized carbons (Fsp3) is 1.00. The molecule has 3 heteroatoms. The molecule has 0 saturated heterocycles. The van der Waals surface area contributed by atoms with Gasteiger partial charge in [0.15, 0.2) is 0 Å². The van der Waals surface area contributed by atoms with E-state index in [1.165, 1.54) is 0 Å². The zero-order valence-corrected chi connectivity index (χ0v) is 6.22. The van der Waals surface area contributed by atoms with Crippen molar-refractivity contribution < 1.29 is 10.6 Å². The van der Waals surface area contributed by atoms with Gasteiger partial charge in [-0.2, -0.15) is 0 Å². The van der Waals surface area contributed by atoms with Crippen LogP contribution in [0.2, 0.25) is 0 Å². The summed E-state index contributed by atoms with van der Waals surface area (Å²) in [4.78, 5) is 2.18. The van der Waals surface area contributed by atoms with E-state index >= 15 is 0 Å². The minimum Gasteiger partial charge on any atom is -0.412 e. The molecule has 0 aliphatic carbocycles. The van der Waals surface area contributed by atoms with E-state index in [2.05, 4.69) is 18.7 Å². The van der Waals surface area contributed by atoms with Gasteiger partial charge in [-0.1, -0.05) is 13.8 Å². The zero-order valence-electron chi connectivity index (χ0n) is 6.22. The number of likely N-dealkylation sites (N-methyl/N-ethyl adjacent to an activating group) is 1. The van der Waals surface area contributed by atoms with Crippen molar-refractivity contribution in [3.8, 4) is 0 Å². The van der Waals surface area contributed by atoms with Crippen molar-refractivity contribution in [3.05, 3.63) is 0 Å². The first-order valence-electron chi connectivity index (χ1n) is 3.18. The summed E-state index contributed by atoms with van der Waals surface area (Å²) >= 11 is 0. The molecule has 0 heterocycles. The summed E-state index contributed by atoms with van der Waals surface area (Å²) in [5, 5.41) is 8.46. The maximum Gasteiger partial charge on any atom is 0.0558 e. The van der Waals surface area contributed by atoms with E-state index in [-0.39, 0.29) is 12.1 Å². The summed E-state index contributed by atoms with van der Waals surface area (Å²) in [6.45, 7) is 7.36. The molecule has 0 bridgehead atoms. The van der Waals surface area contributed by atoms with Gasteiger partial charge in [0.1, 0.15) is 0 Å². The van der Waals surface area contributed by atoms with Gasteiger partial charge >= 0.3 is 0 Å². The number of aliphatic hydroxyl groups is 1. The SMILES string of the molecule is CCN(CC)CCO.O. The van der Waals surface area contributed by atoms with Crippen molar-refractivity contribution in [1.82, 2.24) is 4.90 Å². The Labute approximate surface area is 56.6 Å². The highest BCUT2D eigenvalue weighted by molar-refractivity contribution is 4.47. The highest BCUT2D eigenvalue weighted by Gasteiger charge is 1.93. The predicted molar refractivity (Wildman–Crippen MR) is 38.5 cm³/mol. The molecule has 0 atom stereocenters. The Bertz CT molecular complexity index is 46.3. The summed E-state index contributed by atoms with van der Waals surface area (Å²) in [6, 6.07) is 0. The van der Waals surface area contributed by atoms with Crippen LogP contribution in [-0.4, -0.2) is 41.7 Å². The van der Waals surface area contributed by atoms with Crippen LogP contribution in [0.4, 0.5) is 0 Å². The summed E-state index contributed by atoms with van der Waals surface area (Å²) in [5.74, 6) is 0. The van der Waals surface area contributed by atoms with Crippen molar-refractivity contribution in [1.29, 1.82) is 0 Å². The number of aliphatic hydroxyl groups excluding tert-OH is 1. The molecule has 0 unspecified atom stereocenters. The van der Waals surface area contributed by atoms with Crippen LogP contribution in [0.3, 0.4) is 0 Å². The molecule has 3 nitrogen and oxygen atoms in total. The highest BCUT2D eigenvalue weighted by atomic mass is 16.3. The molecule has 0 rings (SSSR count). The number of rotatable bonds is 4. The molecular weight excluding hydrogens is 118 g/mol. The van der Waals surface area contributed by atoms with E-state index in [1.807, 2.05) is 0 Å². The van der Waals surface area contributed by atoms with Crippen LogP contribution in [0.5, 0.6) is 0 Å². The molecule has 0 aromatic rings. The smallest absolute Gasteiger partial charge is 0.0558 e. The van der Waals surface area contributed by atoms with Gasteiger partial charge in [0, 0.05) is 6.54 Å². The Hall–Kier alpha value is -0.120. The Morgan fingerprint density at radius 2 is 1.67 bits per heavy atom. The first-order chi connectivity index (χ1) is 3.85. The van der Waals surface area contributed by atoms with Gasteiger partial charge in [0.2, 0.25) is 0 Å². The first-order valence-corrected chi connectivity index (χ1v) is 3.18. The fourth-order valence-corrected chi connectivity index (χ4v) is 0.681. The number of hydrogen-bond acceptors (Lipinski definition) is 2. The van der Waals surface area contributed by atoms with E-state index in [9.17, 15) is 0 Å². The molecule has 0 aromatic carbocycles. The lowest BCUT2D eigenvalue weighted by molar-refractivity contribution is 0.208. The topological polar surface area (TPSA) is 55.0 Å². The minimum atomic E-state index is 0. The van der Waals surface area contributed by atoms with Crippen LogP contribution >= 0.6 is 0 Å². The number of nitrogens with zero attached hydrogens (tertiary/aromatic N) is 1. The second-order valence-electron chi connectivity index (χ2n) is 1.75. The molecule has 58 valence electrons. The third-order valence-corrected chi connectivity index (χ3v) is 1.31. The minimum absolute atomic E-state index is 0. The number of hydrogen-bond donors (Lipinski definition) is 1. The average Bonchev–Trinajstić information content (AvgIpc) is 1.83. The third-order valence-electron chi connectivity index (χ3n) is 1.31. The van der Waals surface area contributed by atoms with Gasteiger partial charge in [-0.3, -0.25) is 0 Å². The third kappa shape index (κ3) is 5.76. The van der Waals surface area contributed by atoms with Crippen LogP contribution in [0.25, 0.3) is 0 Å². The molecule has 0 spiro atoms. The van der Waals surface area contributed by atoms with Gasteiger partial charge in [-0.25, -0.2) is 0 Å². The van der Waals surface area contributed by atoms with Gasteiger partial charge in [-0.05, 0) is 13.1 Å². The Morgan fingerprint density at radius 1 is 1.22 bits per heavy atom. The molecule has 3 N–H and O–H groups in total. The molecule has 9 heavy (non-hydrogen) atoms. The maximum absolute atomic E-state index is 8.46. The molecule has 0 radical (unpaired) electrons. The van der Waals surface area contributed by atoms with Crippen molar-refractivity contribution in [2.45, 2.75) is 13.8 Å². The highest BCUT2D eigenvalue weighted by Crippen LogP contribution is 1.82. The quantitative estimate of drug-likeness (QED) is 0.564. The molecule has 0 saturated carbocycles. The van der Waals surface area contributed by atoms with Crippen LogP contribution in [0, 0.1) is 0 Å². The Kier molecular flexibility index (Phi) is 10.2. The van der Waals surface area contributed by atoms with Crippen LogP contribution in [0.15, 0.2) is 0 Å². The summed E-state index contributed by atoms with van der Waals surface area (Å²) < 4.78 is 0. The normalized spacial score (nSPS) is 9.33. The van der Waals surface area contributed by atoms with E-state index in [4.69, 9.17) is 5.11 Å². The van der Waals surface area contributed by atoms with Crippen LogP contribution in [0.1, 0.15) is 13.8 Å². The Morgan fingerprint density at radius 3 is 1.78 bits per heavy atom. The van der Waals surface area contributed by atoms with Gasteiger partial charge in [0.25, 0.3) is 0 Å². The van der Waals surface area contributed by atoms with Gasteiger partial charge < -0.3 is 15.5 Å². The lowest BCUT2D eigenvalue weighted by atomic mass is 10.5. The monoisotopic (exact) mass is 135 g/mol. The van der Waals surface area contributed by atoms with E-state index in [0.29, 0.717) is 0 Å². The standard InChI is InChI=1S/C6H15NO.H2O/c1-3-7(4-2)5-6-8;/h8H,3-6H2,1-2H3;1H2. The second kappa shape index (κ2) is 7.88. The summed E-state index contributed by atoms with van der Waals surface area (Å²) in [6.07, 6.45) is 0. The molecule has 0 aliphatic heterocycles. The summed E-state index contributed by atoms with van der Waals surface area (Å²) in [7, 11) is 0. The first kappa shape index (κ1) is 11.6. The van der Waals surface area contributed by atoms with E-state index in [0.717, 1.165) is 19.6 Å². The lowest BCUT2D eigenvalue weighted by Crippen LogP contribution is -2.25. The molecule has 0 aliphatic rings. The van der Waals surface area contributed by atoms with Crippen molar-refractivity contribution in [2.75, 3.05) is 26.2 Å². The fourth-order valence-electron chi connectivity index (χ4n) is 0.681. The zero-order chi connectivity index (χ0) is 6.41. The lowest BCUT2D eigenvalue weighted by Gasteiger charge is -2.15. The van der Waals surface area contributed by atoms with Crippen molar-refractivity contribution in [2.24, 2.45) is 0 Å². The average molecular weight is 135 g/mol. The molecule has 0 fully saturated rings. The Balaban J connectivity index is 0. The van der Waals surface area contributed by atoms with Crippen molar-refractivity contribution in [3.63, 3.8) is 0 Å².